The summed E-state index contributed by atoms with van der Waals surface area (Å²) < 4.78 is 2.18. The lowest BCUT2D eigenvalue weighted by Crippen LogP contribution is -2.03. The van der Waals surface area contributed by atoms with Gasteiger partial charge in [-0.15, -0.1) is 16.8 Å². The van der Waals surface area contributed by atoms with Crippen LogP contribution in [0.5, 0.6) is 0 Å². The van der Waals surface area contributed by atoms with Crippen LogP contribution in [0.1, 0.15) is 26.1 Å². The molecule has 0 radical (unpaired) electrons. The van der Waals surface area contributed by atoms with Gasteiger partial charge in [-0.2, -0.15) is 0 Å². The fourth-order valence-electron chi connectivity index (χ4n) is 3.50. The van der Waals surface area contributed by atoms with E-state index in [1.807, 2.05) is 24.3 Å². The third kappa shape index (κ3) is 3.77. The summed E-state index contributed by atoms with van der Waals surface area (Å²) in [5.74, 6) is 2.14. The molecule has 0 aliphatic rings. The molecule has 0 bridgehead atoms. The van der Waals surface area contributed by atoms with Gasteiger partial charge >= 0.3 is 0 Å². The molecule has 0 saturated carbocycles. The zero-order valence-electron chi connectivity index (χ0n) is 16.9. The van der Waals surface area contributed by atoms with E-state index in [1.165, 1.54) is 10.8 Å². The van der Waals surface area contributed by atoms with E-state index in [0.717, 1.165) is 34.9 Å². The van der Waals surface area contributed by atoms with Gasteiger partial charge in [-0.25, -0.2) is 0 Å². The number of aromatic nitrogens is 3. The molecule has 0 N–H and O–H groups in total. The van der Waals surface area contributed by atoms with Crippen LogP contribution in [0, 0.1) is 5.92 Å². The lowest BCUT2D eigenvalue weighted by molar-refractivity contribution is 0.746. The molecular formula is C26H25N3. The third-order valence-electron chi connectivity index (χ3n) is 5.25. The molecular weight excluding hydrogens is 354 g/mol. The zero-order chi connectivity index (χ0) is 20.2. The van der Waals surface area contributed by atoms with Crippen LogP contribution in [-0.2, 0) is 0 Å². The standard InChI is InChI=1S/C26H25N3/c1-4-19(2)17-18-20(3)25-27-28-26(22-12-6-5-7-13-22)29(25)24-16-10-14-21-11-8-9-15-23(21)24/h4-16,18-19H,1,17H2,2-3H3/b20-18+. The lowest BCUT2D eigenvalue weighted by Gasteiger charge is -2.14. The summed E-state index contributed by atoms with van der Waals surface area (Å²) in [6.45, 7) is 8.17. The SMILES string of the molecule is C=CC(C)C/C=C(\C)c1nnc(-c2ccccc2)n1-c1cccc2ccccc12. The Balaban J connectivity index is 1.94. The first-order chi connectivity index (χ1) is 14.2. The summed E-state index contributed by atoms with van der Waals surface area (Å²) in [5.41, 5.74) is 3.25. The van der Waals surface area contributed by atoms with E-state index in [-0.39, 0.29) is 0 Å². The Morgan fingerprint density at radius 1 is 0.966 bits per heavy atom. The maximum Gasteiger partial charge on any atom is 0.168 e. The predicted octanol–water partition coefficient (Wildman–Crippen LogP) is 6.70. The summed E-state index contributed by atoms with van der Waals surface area (Å²) in [6, 6.07) is 25.0. The minimum absolute atomic E-state index is 0.424. The Morgan fingerprint density at radius 3 is 2.48 bits per heavy atom. The van der Waals surface area contributed by atoms with Crippen molar-refractivity contribution in [2.24, 2.45) is 5.92 Å². The molecule has 0 aliphatic heterocycles. The highest BCUT2D eigenvalue weighted by Crippen LogP contribution is 2.30. The van der Waals surface area contributed by atoms with Gasteiger partial charge in [0, 0.05) is 10.9 Å². The Kier molecular flexibility index (Phi) is 5.39. The van der Waals surface area contributed by atoms with Crippen molar-refractivity contribution in [1.29, 1.82) is 0 Å². The van der Waals surface area contributed by atoms with Crippen molar-refractivity contribution in [2.45, 2.75) is 20.3 Å². The largest absolute Gasteiger partial charge is 0.275 e. The second-order valence-corrected chi connectivity index (χ2v) is 7.38. The molecule has 1 unspecified atom stereocenters. The van der Waals surface area contributed by atoms with Crippen molar-refractivity contribution < 1.29 is 0 Å². The van der Waals surface area contributed by atoms with E-state index in [9.17, 15) is 0 Å². The maximum atomic E-state index is 4.60. The third-order valence-corrected chi connectivity index (χ3v) is 5.25. The Hall–Kier alpha value is -3.46. The molecule has 3 nitrogen and oxygen atoms in total. The molecule has 1 heterocycles. The fourth-order valence-corrected chi connectivity index (χ4v) is 3.50. The van der Waals surface area contributed by atoms with E-state index in [1.54, 1.807) is 0 Å². The van der Waals surface area contributed by atoms with Gasteiger partial charge in [0.1, 0.15) is 0 Å². The highest BCUT2D eigenvalue weighted by molar-refractivity contribution is 5.91. The van der Waals surface area contributed by atoms with Crippen molar-refractivity contribution >= 4 is 16.3 Å². The number of rotatable bonds is 6. The molecule has 1 atom stereocenters. The van der Waals surface area contributed by atoms with Crippen LogP contribution in [0.15, 0.2) is 91.5 Å². The highest BCUT2D eigenvalue weighted by Gasteiger charge is 2.18. The molecule has 29 heavy (non-hydrogen) atoms. The van der Waals surface area contributed by atoms with Crippen LogP contribution in [0.4, 0.5) is 0 Å². The molecule has 0 fully saturated rings. The van der Waals surface area contributed by atoms with E-state index >= 15 is 0 Å². The lowest BCUT2D eigenvalue weighted by atomic mass is 10.1. The summed E-state index contributed by atoms with van der Waals surface area (Å²) >= 11 is 0. The van der Waals surface area contributed by atoms with Crippen LogP contribution in [0.2, 0.25) is 0 Å². The van der Waals surface area contributed by atoms with Crippen molar-refractivity contribution in [3.05, 3.63) is 97.4 Å². The normalized spacial score (nSPS) is 12.8. The molecule has 0 spiro atoms. The van der Waals surface area contributed by atoms with Crippen LogP contribution >= 0.6 is 0 Å². The molecule has 0 saturated heterocycles. The number of allylic oxidation sites excluding steroid dienone is 3. The zero-order valence-corrected chi connectivity index (χ0v) is 16.9. The van der Waals surface area contributed by atoms with Gasteiger partial charge in [-0.1, -0.05) is 85.8 Å². The minimum Gasteiger partial charge on any atom is -0.275 e. The predicted molar refractivity (Wildman–Crippen MR) is 122 cm³/mol. The van der Waals surface area contributed by atoms with Crippen molar-refractivity contribution in [1.82, 2.24) is 14.8 Å². The van der Waals surface area contributed by atoms with Gasteiger partial charge < -0.3 is 0 Å². The fraction of sp³-hybridized carbons (Fsp3) is 0.154. The van der Waals surface area contributed by atoms with Crippen LogP contribution in [0.3, 0.4) is 0 Å². The Morgan fingerprint density at radius 2 is 1.69 bits per heavy atom. The molecule has 4 aromatic rings. The second kappa shape index (κ2) is 8.27. The van der Waals surface area contributed by atoms with E-state index in [0.29, 0.717) is 5.92 Å². The van der Waals surface area contributed by atoms with Gasteiger partial charge in [-0.05, 0) is 36.3 Å². The van der Waals surface area contributed by atoms with Gasteiger partial charge in [0.2, 0.25) is 0 Å². The van der Waals surface area contributed by atoms with Gasteiger partial charge in [-0.3, -0.25) is 4.57 Å². The first-order valence-electron chi connectivity index (χ1n) is 9.97. The van der Waals surface area contributed by atoms with Gasteiger partial charge in [0.25, 0.3) is 0 Å². The molecule has 3 aromatic carbocycles. The topological polar surface area (TPSA) is 30.7 Å². The van der Waals surface area contributed by atoms with E-state index < -0.39 is 0 Å². The Bertz CT molecular complexity index is 1160. The summed E-state index contributed by atoms with van der Waals surface area (Å²) in [4.78, 5) is 0. The quantitative estimate of drug-likeness (QED) is 0.349. The maximum absolute atomic E-state index is 4.60. The Labute approximate surface area is 172 Å². The number of hydrogen-bond donors (Lipinski definition) is 0. The summed E-state index contributed by atoms with van der Waals surface area (Å²) in [5, 5.41) is 11.6. The summed E-state index contributed by atoms with van der Waals surface area (Å²) in [6.07, 6.45) is 5.14. The van der Waals surface area contributed by atoms with E-state index in [2.05, 4.69) is 95.9 Å². The number of benzene rings is 3. The molecule has 0 aliphatic carbocycles. The molecule has 144 valence electrons. The first-order valence-corrected chi connectivity index (χ1v) is 9.97. The average molecular weight is 380 g/mol. The second-order valence-electron chi connectivity index (χ2n) is 7.38. The number of hydrogen-bond acceptors (Lipinski definition) is 2. The first kappa shape index (κ1) is 18.9. The van der Waals surface area contributed by atoms with Crippen molar-refractivity contribution in [2.75, 3.05) is 0 Å². The van der Waals surface area contributed by atoms with E-state index in [4.69, 9.17) is 0 Å². The summed E-state index contributed by atoms with van der Waals surface area (Å²) in [7, 11) is 0. The van der Waals surface area contributed by atoms with Crippen molar-refractivity contribution in [3.63, 3.8) is 0 Å². The number of nitrogens with zero attached hydrogens (tertiary/aromatic N) is 3. The van der Waals surface area contributed by atoms with Crippen LogP contribution in [-0.4, -0.2) is 14.8 Å². The van der Waals surface area contributed by atoms with Crippen LogP contribution in [0.25, 0.3) is 33.4 Å². The molecule has 1 aromatic heterocycles. The smallest absolute Gasteiger partial charge is 0.168 e. The van der Waals surface area contributed by atoms with Gasteiger partial charge in [0.15, 0.2) is 11.6 Å². The average Bonchev–Trinajstić information content (AvgIpc) is 3.22. The van der Waals surface area contributed by atoms with Crippen LogP contribution < -0.4 is 0 Å². The number of fused-ring (bicyclic) bond motifs is 1. The molecule has 0 amide bonds. The molecule has 4 rings (SSSR count). The van der Waals surface area contributed by atoms with Crippen molar-refractivity contribution in [3.8, 4) is 17.1 Å². The van der Waals surface area contributed by atoms with Gasteiger partial charge in [0.05, 0.1) is 5.69 Å². The molecule has 3 heteroatoms. The highest BCUT2D eigenvalue weighted by atomic mass is 15.3. The minimum atomic E-state index is 0.424. The monoisotopic (exact) mass is 379 g/mol.